The Kier molecular flexibility index (Phi) is 16.0. The Morgan fingerprint density at radius 2 is 0.423 bits per heavy atom. The van der Waals surface area contributed by atoms with Gasteiger partial charge in [0.05, 0.1) is 55.6 Å². The molecule has 28 heteroatoms. The first-order valence-electron chi connectivity index (χ1n) is 20.8. The first-order chi connectivity index (χ1) is 35.8. The highest BCUT2D eigenvalue weighted by Gasteiger charge is 2.61. The van der Waals surface area contributed by atoms with E-state index in [2.05, 4.69) is 0 Å². The molecule has 0 atom stereocenters. The van der Waals surface area contributed by atoms with Crippen LogP contribution in [0.1, 0.15) is 127 Å². The molecule has 0 aromatic heterocycles. The highest BCUT2D eigenvalue weighted by Crippen LogP contribution is 2.54. The lowest BCUT2D eigenvalue weighted by molar-refractivity contribution is -0.167. The third kappa shape index (κ3) is 11.0. The highest BCUT2D eigenvalue weighted by atomic mass is 19.4. The number of halogens is 12. The normalized spacial score (nSPS) is 12.2. The number of carboxylic acid groups (broad SMARTS) is 8. The van der Waals surface area contributed by atoms with E-state index in [1.54, 1.807) is 0 Å². The zero-order valence-corrected chi connectivity index (χ0v) is 37.9. The molecule has 16 nitrogen and oxygen atoms in total. The lowest BCUT2D eigenvalue weighted by Crippen LogP contribution is -2.45. The van der Waals surface area contributed by atoms with Gasteiger partial charge in [-0.25, -0.2) is 38.4 Å². The van der Waals surface area contributed by atoms with Crippen molar-refractivity contribution in [2.45, 2.75) is 35.5 Å². The van der Waals surface area contributed by atoms with E-state index < -0.39 is 172 Å². The monoisotopic (exact) mass is 1110 g/mol. The van der Waals surface area contributed by atoms with Crippen molar-refractivity contribution in [2.75, 3.05) is 0 Å². The van der Waals surface area contributed by atoms with E-state index in [9.17, 15) is 106 Å². The molecule has 78 heavy (non-hydrogen) atoms. The summed E-state index contributed by atoms with van der Waals surface area (Å²) < 4.78 is 172. The molecular formula is C50H28F12O16. The maximum atomic E-state index is 15.2. The number of alkyl halides is 12. The van der Waals surface area contributed by atoms with E-state index in [1.807, 2.05) is 0 Å². The number of rotatable bonds is 14. The molecule has 0 saturated heterocycles. The Morgan fingerprint density at radius 1 is 0.244 bits per heavy atom. The van der Waals surface area contributed by atoms with E-state index in [0.717, 1.165) is 0 Å². The van der Waals surface area contributed by atoms with E-state index in [4.69, 9.17) is 0 Å². The van der Waals surface area contributed by atoms with Crippen molar-refractivity contribution in [2.24, 2.45) is 0 Å². The van der Waals surface area contributed by atoms with E-state index in [0.29, 0.717) is 109 Å². The molecule has 0 spiro atoms. The molecule has 0 saturated carbocycles. The minimum atomic E-state index is -5.63. The van der Waals surface area contributed by atoms with Crippen molar-refractivity contribution in [1.29, 1.82) is 0 Å². The van der Waals surface area contributed by atoms with Gasteiger partial charge in [0, 0.05) is 0 Å². The number of carbonyl (C=O) groups is 8. The van der Waals surface area contributed by atoms with Crippen LogP contribution in [0.15, 0.2) is 121 Å². The van der Waals surface area contributed by atoms with Gasteiger partial charge < -0.3 is 40.9 Å². The molecule has 0 heterocycles. The summed E-state index contributed by atoms with van der Waals surface area (Å²) in [4.78, 5) is 92.8. The van der Waals surface area contributed by atoms with Crippen molar-refractivity contribution in [3.63, 3.8) is 0 Å². The highest BCUT2D eigenvalue weighted by molar-refractivity contribution is 6.04. The minimum Gasteiger partial charge on any atom is -0.478 e. The molecule has 0 fully saturated rings. The van der Waals surface area contributed by atoms with Crippen LogP contribution in [0.4, 0.5) is 52.7 Å². The Hall–Kier alpha value is -9.76. The average molecular weight is 1110 g/mol. The van der Waals surface area contributed by atoms with Gasteiger partial charge in [-0.1, -0.05) is 60.7 Å². The Labute approximate surface area is 424 Å². The summed E-state index contributed by atoms with van der Waals surface area (Å²) in [6.07, 6.45) is -21.5. The third-order valence-corrected chi connectivity index (χ3v) is 11.7. The fourth-order valence-corrected chi connectivity index (χ4v) is 8.40. The molecule has 6 aromatic rings. The average Bonchev–Trinajstić information content (AvgIpc) is 3.54. The summed E-state index contributed by atoms with van der Waals surface area (Å²) in [5, 5.41) is 75.0. The molecule has 8 N–H and O–H groups in total. The van der Waals surface area contributed by atoms with Crippen LogP contribution in [0.3, 0.4) is 0 Å². The number of carboxylic acids is 8. The van der Waals surface area contributed by atoms with E-state index >= 15 is 26.3 Å². The quantitative estimate of drug-likeness (QED) is 0.0371. The molecule has 0 aliphatic heterocycles. The van der Waals surface area contributed by atoms with Gasteiger partial charge in [-0.15, -0.1) is 0 Å². The summed E-state index contributed by atoms with van der Waals surface area (Å²) >= 11 is 0. The standard InChI is InChI=1S/2C25H14F6O8/c2*26-24(27,28)14-3-1-2-11(8-14)23(25(29,30)31,12-4-6-15(19(32)33)17(9-12)21(36)37)13-5-7-16(20(34)35)18(10-13)22(38)39/h2*1-10H,(H,32,33)(H,34,35)(H,36,37)(H,38,39). The second kappa shape index (κ2) is 21.1. The molecular weight excluding hydrogens is 1080 g/mol. The van der Waals surface area contributed by atoms with E-state index in [1.165, 1.54) is 0 Å². The molecule has 0 aliphatic rings. The Morgan fingerprint density at radius 3 is 0.590 bits per heavy atom. The first-order valence-corrected chi connectivity index (χ1v) is 20.8. The zero-order valence-electron chi connectivity index (χ0n) is 37.9. The van der Waals surface area contributed by atoms with Crippen LogP contribution in [-0.4, -0.2) is 101 Å². The smallest absolute Gasteiger partial charge is 0.416 e. The van der Waals surface area contributed by atoms with Crippen LogP contribution in [0.5, 0.6) is 0 Å². The molecule has 0 radical (unpaired) electrons. The van der Waals surface area contributed by atoms with Crippen molar-refractivity contribution in [3.05, 3.63) is 210 Å². The van der Waals surface area contributed by atoms with Gasteiger partial charge in [0.15, 0.2) is 0 Å². The maximum Gasteiger partial charge on any atom is 0.416 e. The van der Waals surface area contributed by atoms with Crippen molar-refractivity contribution in [3.8, 4) is 0 Å². The van der Waals surface area contributed by atoms with Gasteiger partial charge in [-0.3, -0.25) is 0 Å². The largest absolute Gasteiger partial charge is 0.478 e. The van der Waals surface area contributed by atoms with Gasteiger partial charge in [0.1, 0.15) is 10.8 Å². The minimum absolute atomic E-state index is 0.130. The van der Waals surface area contributed by atoms with Crippen LogP contribution < -0.4 is 0 Å². The maximum absolute atomic E-state index is 15.2. The predicted molar refractivity (Wildman–Crippen MR) is 236 cm³/mol. The second-order valence-electron chi connectivity index (χ2n) is 16.1. The fourth-order valence-electron chi connectivity index (χ4n) is 8.40. The Bertz CT molecular complexity index is 3090. The van der Waals surface area contributed by atoms with E-state index in [-0.39, 0.29) is 12.1 Å². The first kappa shape index (κ1) is 59.1. The third-order valence-electron chi connectivity index (χ3n) is 11.7. The molecule has 408 valence electrons. The van der Waals surface area contributed by atoms with Gasteiger partial charge >= 0.3 is 72.5 Å². The fraction of sp³-hybridized carbons (Fsp3) is 0.120. The molecule has 6 rings (SSSR count). The number of aromatic carboxylic acids is 8. The molecule has 0 aliphatic carbocycles. The summed E-state index contributed by atoms with van der Waals surface area (Å²) in [6, 6.07) is 9.21. The predicted octanol–water partition coefficient (Wildman–Crippen LogP) is 10.8. The molecule has 6 aromatic carbocycles. The Balaban J connectivity index is 0.000000287. The topological polar surface area (TPSA) is 298 Å². The van der Waals surface area contributed by atoms with Crippen LogP contribution in [0.2, 0.25) is 0 Å². The summed E-state index contributed by atoms with van der Waals surface area (Å²) in [5.41, 5.74) is -25.4. The summed E-state index contributed by atoms with van der Waals surface area (Å²) in [5.74, 6) is -15.2. The van der Waals surface area contributed by atoms with Crippen molar-refractivity contribution in [1.82, 2.24) is 0 Å². The molecule has 0 bridgehead atoms. The summed E-state index contributed by atoms with van der Waals surface area (Å²) in [7, 11) is 0. The SMILES string of the molecule is O=C(O)c1ccc(C(c2cccc(C(F)(F)F)c2)(c2ccc(C(=O)O)c(C(=O)O)c2)C(F)(F)F)cc1C(=O)O.O=C(O)c1ccc(C(c2cccc(C(F)(F)F)c2)(c2ccc(C(=O)O)c(C(=O)O)c2)C(F)(F)F)cc1C(=O)O. The summed E-state index contributed by atoms with van der Waals surface area (Å²) in [6.45, 7) is 0. The molecule has 0 unspecified atom stereocenters. The lowest BCUT2D eigenvalue weighted by Gasteiger charge is -2.38. The van der Waals surface area contributed by atoms with Crippen LogP contribution >= 0.6 is 0 Å². The van der Waals surface area contributed by atoms with Crippen LogP contribution in [-0.2, 0) is 23.2 Å². The van der Waals surface area contributed by atoms with Crippen molar-refractivity contribution >= 4 is 47.8 Å². The van der Waals surface area contributed by atoms with Crippen LogP contribution in [0, 0.1) is 0 Å². The lowest BCUT2D eigenvalue weighted by atomic mass is 9.67. The van der Waals surface area contributed by atoms with Crippen LogP contribution in [0.25, 0.3) is 0 Å². The van der Waals surface area contributed by atoms with Crippen molar-refractivity contribution < 1.29 is 132 Å². The number of hydrogen-bond acceptors (Lipinski definition) is 8. The molecule has 0 amide bonds. The van der Waals surface area contributed by atoms with Gasteiger partial charge in [0.2, 0.25) is 0 Å². The number of hydrogen-bond donors (Lipinski definition) is 8. The second-order valence-corrected chi connectivity index (χ2v) is 16.1. The van der Waals surface area contributed by atoms with Gasteiger partial charge in [-0.2, -0.15) is 52.7 Å². The zero-order chi connectivity index (χ0) is 59.0. The number of benzene rings is 6. The van der Waals surface area contributed by atoms with Gasteiger partial charge in [0.25, 0.3) is 0 Å². The van der Waals surface area contributed by atoms with Gasteiger partial charge in [-0.05, 0) is 94.0 Å².